The lowest BCUT2D eigenvalue weighted by molar-refractivity contribution is 0.0695. The zero-order valence-corrected chi connectivity index (χ0v) is 24.7. The highest BCUT2D eigenvalue weighted by molar-refractivity contribution is 7.14. The molecule has 210 valence electrons. The topological polar surface area (TPSA) is 113 Å². The number of aliphatic hydroxyl groups excluding tert-OH is 1. The first-order valence-corrected chi connectivity index (χ1v) is 13.9. The summed E-state index contributed by atoms with van der Waals surface area (Å²) >= 11 is 1.54. The Hall–Kier alpha value is -3.73. The lowest BCUT2D eigenvalue weighted by Crippen LogP contribution is -2.25. The van der Waals surface area contributed by atoms with Crippen LogP contribution in [0.1, 0.15) is 66.0 Å². The number of aliphatic hydroxyl groups is 2. The number of carbonyl (C=O) groups is 1. The van der Waals surface area contributed by atoms with E-state index in [2.05, 4.69) is 37.3 Å². The Morgan fingerprint density at radius 2 is 1.80 bits per heavy atom. The van der Waals surface area contributed by atoms with E-state index in [1.807, 2.05) is 18.2 Å². The maximum absolute atomic E-state index is 13.5. The summed E-state index contributed by atoms with van der Waals surface area (Å²) in [6.07, 6.45) is 1.71. The molecule has 4 aromatic rings. The van der Waals surface area contributed by atoms with E-state index in [1.165, 1.54) is 20.8 Å². The molecule has 1 aliphatic heterocycles. The maximum Gasteiger partial charge on any atom is 0.274 e. The van der Waals surface area contributed by atoms with Crippen molar-refractivity contribution in [2.45, 2.75) is 58.8 Å². The van der Waals surface area contributed by atoms with Crippen molar-refractivity contribution >= 4 is 34.4 Å². The van der Waals surface area contributed by atoms with E-state index < -0.39 is 5.60 Å². The number of thiophene rings is 1. The van der Waals surface area contributed by atoms with Gasteiger partial charge in [0.25, 0.3) is 11.5 Å². The summed E-state index contributed by atoms with van der Waals surface area (Å²) in [6, 6.07) is 11.1. The van der Waals surface area contributed by atoms with Gasteiger partial charge in [-0.25, -0.2) is 0 Å². The molecule has 5 rings (SSSR count). The Morgan fingerprint density at radius 1 is 1.07 bits per heavy atom. The smallest absolute Gasteiger partial charge is 0.274 e. The van der Waals surface area contributed by atoms with Gasteiger partial charge in [-0.05, 0) is 48.6 Å². The molecule has 0 bridgehead atoms. The summed E-state index contributed by atoms with van der Waals surface area (Å²) in [6.45, 7) is 9.92. The Kier molecular flexibility index (Phi) is 6.76. The van der Waals surface area contributed by atoms with Gasteiger partial charge in [-0.1, -0.05) is 32.9 Å². The number of carbonyl (C=O) groups excluding carboxylic acids is 1. The van der Waals surface area contributed by atoms with E-state index in [0.717, 1.165) is 16.0 Å². The van der Waals surface area contributed by atoms with Crippen molar-refractivity contribution in [3.8, 4) is 11.1 Å². The van der Waals surface area contributed by atoms with Gasteiger partial charge in [0.2, 0.25) is 0 Å². The number of pyridine rings is 1. The van der Waals surface area contributed by atoms with Crippen molar-refractivity contribution in [1.29, 1.82) is 0 Å². The lowest BCUT2D eigenvalue weighted by Gasteiger charge is -2.22. The summed E-state index contributed by atoms with van der Waals surface area (Å²) in [5.74, 6) is 0.358. The summed E-state index contributed by atoms with van der Waals surface area (Å²) in [7, 11) is 3.39. The number of hydrogen-bond acceptors (Lipinski definition) is 7. The molecule has 0 saturated carbocycles. The van der Waals surface area contributed by atoms with E-state index in [1.54, 1.807) is 55.9 Å². The molecule has 1 amide bonds. The van der Waals surface area contributed by atoms with Gasteiger partial charge in [0.1, 0.15) is 11.3 Å². The molecule has 3 aromatic heterocycles. The fraction of sp³-hybridized carbons (Fsp3) is 0.367. The van der Waals surface area contributed by atoms with E-state index in [9.17, 15) is 19.8 Å². The first-order valence-electron chi connectivity index (χ1n) is 13.1. The number of aryl methyl sites for hydroxylation is 2. The second-order valence-electron chi connectivity index (χ2n) is 11.8. The number of benzene rings is 1. The Morgan fingerprint density at radius 3 is 2.40 bits per heavy atom. The highest BCUT2D eigenvalue weighted by Crippen LogP contribution is 2.41. The summed E-state index contributed by atoms with van der Waals surface area (Å²) < 4.78 is 3.04. The minimum absolute atomic E-state index is 0.0313. The van der Waals surface area contributed by atoms with Crippen molar-refractivity contribution in [2.75, 3.05) is 10.2 Å². The Labute approximate surface area is 237 Å². The van der Waals surface area contributed by atoms with Crippen LogP contribution in [-0.2, 0) is 38.3 Å². The zero-order chi connectivity index (χ0) is 29.1. The molecule has 0 unspecified atom stereocenters. The molecule has 4 heterocycles. The molecule has 9 nitrogen and oxygen atoms in total. The molecule has 0 radical (unpaired) electrons. The van der Waals surface area contributed by atoms with E-state index in [-0.39, 0.29) is 23.5 Å². The molecule has 1 aliphatic rings. The van der Waals surface area contributed by atoms with Crippen LogP contribution in [0, 0.1) is 0 Å². The van der Waals surface area contributed by atoms with Crippen LogP contribution >= 0.6 is 11.3 Å². The van der Waals surface area contributed by atoms with E-state index in [4.69, 9.17) is 0 Å². The third-order valence-electron chi connectivity index (χ3n) is 7.18. The highest BCUT2D eigenvalue weighted by atomic mass is 32.1. The fourth-order valence-corrected chi connectivity index (χ4v) is 6.29. The zero-order valence-electron chi connectivity index (χ0n) is 23.9. The van der Waals surface area contributed by atoms with Crippen LogP contribution in [0.5, 0.6) is 0 Å². The number of nitrogens with zero attached hydrogens (tertiary/aromatic N) is 4. The molecular weight excluding hydrogens is 526 g/mol. The second kappa shape index (κ2) is 9.72. The van der Waals surface area contributed by atoms with Crippen molar-refractivity contribution in [2.24, 2.45) is 14.1 Å². The minimum atomic E-state index is -1.10. The standard InChI is InChI=1S/C30H35N5O4S/c1-29(2,3)24-12-18-15-35(28(38)26(18)40-24)22-10-8-9-19(20(22)16-36)17-11-21(27(37)33(6)14-17)31-25-13-23(30(4,5)39)34(7)32-25/h8-14,36,39H,15-16H2,1-7H3,(H,31,32). The molecule has 10 heteroatoms. The van der Waals surface area contributed by atoms with Gasteiger partial charge in [0.15, 0.2) is 5.82 Å². The lowest BCUT2D eigenvalue weighted by atomic mass is 9.94. The molecular formula is C30H35N5O4S. The van der Waals surface area contributed by atoms with E-state index in [0.29, 0.717) is 40.6 Å². The number of rotatable bonds is 6. The number of fused-ring (bicyclic) bond motifs is 1. The maximum atomic E-state index is 13.5. The van der Waals surface area contributed by atoms with Gasteiger partial charge in [-0.15, -0.1) is 11.3 Å². The highest BCUT2D eigenvalue weighted by Gasteiger charge is 2.34. The molecule has 0 spiro atoms. The van der Waals surface area contributed by atoms with Crippen molar-refractivity contribution in [3.63, 3.8) is 0 Å². The van der Waals surface area contributed by atoms with Gasteiger partial charge in [-0.2, -0.15) is 5.10 Å². The molecule has 0 fully saturated rings. The number of amides is 1. The van der Waals surface area contributed by atoms with Crippen LogP contribution < -0.4 is 15.8 Å². The normalized spacial score (nSPS) is 13.7. The first-order chi connectivity index (χ1) is 18.7. The van der Waals surface area contributed by atoms with Crippen LogP contribution in [0.3, 0.4) is 0 Å². The number of anilines is 3. The average molecular weight is 562 g/mol. The van der Waals surface area contributed by atoms with Crippen molar-refractivity contribution < 1.29 is 15.0 Å². The van der Waals surface area contributed by atoms with Gasteiger partial charge in [0.05, 0.1) is 29.4 Å². The predicted octanol–water partition coefficient (Wildman–Crippen LogP) is 4.77. The average Bonchev–Trinajstić information content (AvgIpc) is 3.55. The third-order valence-corrected chi connectivity index (χ3v) is 8.77. The van der Waals surface area contributed by atoms with E-state index >= 15 is 0 Å². The number of nitrogens with one attached hydrogen (secondary N) is 1. The largest absolute Gasteiger partial charge is 0.392 e. The van der Waals surface area contributed by atoms with Crippen LogP contribution in [0.2, 0.25) is 0 Å². The molecule has 3 N–H and O–H groups in total. The third kappa shape index (κ3) is 4.87. The fourth-order valence-electron chi connectivity index (χ4n) is 5.11. The summed E-state index contributed by atoms with van der Waals surface area (Å²) in [4.78, 5) is 30.1. The quantitative estimate of drug-likeness (QED) is 0.313. The molecule has 1 aromatic carbocycles. The van der Waals surface area contributed by atoms with Crippen LogP contribution in [-0.4, -0.2) is 30.5 Å². The molecule has 40 heavy (non-hydrogen) atoms. The minimum Gasteiger partial charge on any atom is -0.392 e. The molecule has 0 atom stereocenters. The SMILES string of the molecule is Cn1nc(Nc2cc(-c3cccc(N4Cc5cc(C(C)(C)C)sc5C4=O)c3CO)cn(C)c2=O)cc1C(C)(C)O. The van der Waals surface area contributed by atoms with Crippen molar-refractivity contribution in [1.82, 2.24) is 14.3 Å². The van der Waals surface area contributed by atoms with Crippen LogP contribution in [0.4, 0.5) is 17.2 Å². The number of aromatic nitrogens is 3. The van der Waals surface area contributed by atoms with Crippen LogP contribution in [0.15, 0.2) is 47.4 Å². The van der Waals surface area contributed by atoms with Crippen molar-refractivity contribution in [3.05, 3.63) is 79.5 Å². The summed E-state index contributed by atoms with van der Waals surface area (Å²) in [5, 5.41) is 28.4. The molecule has 0 saturated heterocycles. The molecule has 0 aliphatic carbocycles. The Balaban J connectivity index is 1.52. The van der Waals surface area contributed by atoms with Gasteiger partial charge >= 0.3 is 0 Å². The number of hydrogen-bond donors (Lipinski definition) is 3. The van der Waals surface area contributed by atoms with Gasteiger partial charge in [0, 0.05) is 42.4 Å². The first kappa shape index (κ1) is 27.8. The van der Waals surface area contributed by atoms with Gasteiger partial charge < -0.3 is 25.0 Å². The summed E-state index contributed by atoms with van der Waals surface area (Å²) in [5.41, 5.74) is 3.17. The Bertz CT molecular complexity index is 1680. The predicted molar refractivity (Wildman–Crippen MR) is 158 cm³/mol. The second-order valence-corrected chi connectivity index (χ2v) is 12.9. The monoisotopic (exact) mass is 561 g/mol. The van der Waals surface area contributed by atoms with Gasteiger partial charge in [-0.3, -0.25) is 14.3 Å². The van der Waals surface area contributed by atoms with Crippen LogP contribution in [0.25, 0.3) is 11.1 Å².